The third kappa shape index (κ3) is 3.58. The summed E-state index contributed by atoms with van der Waals surface area (Å²) in [7, 11) is 0. The van der Waals surface area contributed by atoms with E-state index in [0.29, 0.717) is 36.0 Å². The second-order valence-corrected chi connectivity index (χ2v) is 8.16. The van der Waals surface area contributed by atoms with Gasteiger partial charge in [0.15, 0.2) is 5.65 Å². The van der Waals surface area contributed by atoms with Gasteiger partial charge >= 0.3 is 0 Å². The van der Waals surface area contributed by atoms with Crippen molar-refractivity contribution in [2.75, 3.05) is 13.1 Å². The number of carbonyl (C=O) groups excluding carboxylic acids is 1. The van der Waals surface area contributed by atoms with E-state index in [-0.39, 0.29) is 23.7 Å². The summed E-state index contributed by atoms with van der Waals surface area (Å²) in [5.41, 5.74) is 2.39. The summed E-state index contributed by atoms with van der Waals surface area (Å²) < 4.78 is 3.12. The lowest BCUT2D eigenvalue weighted by Crippen LogP contribution is -2.42. The molecule has 1 fully saturated rings. The number of benzene rings is 1. The van der Waals surface area contributed by atoms with Crippen molar-refractivity contribution in [1.82, 2.24) is 29.0 Å². The largest absolute Gasteiger partial charge is 0.341 e. The molecule has 0 atom stereocenters. The zero-order chi connectivity index (χ0) is 21.4. The van der Waals surface area contributed by atoms with Gasteiger partial charge in [-0.15, -0.1) is 10.2 Å². The second kappa shape index (κ2) is 7.94. The van der Waals surface area contributed by atoms with E-state index in [9.17, 15) is 9.59 Å². The van der Waals surface area contributed by atoms with E-state index >= 15 is 0 Å². The molecule has 31 heavy (non-hydrogen) atoms. The van der Waals surface area contributed by atoms with E-state index in [2.05, 4.69) is 39.4 Å². The molecule has 8 heteroatoms. The summed E-state index contributed by atoms with van der Waals surface area (Å²) in [6, 6.07) is 14.1. The van der Waals surface area contributed by atoms with Crippen LogP contribution in [0.2, 0.25) is 0 Å². The lowest BCUT2D eigenvalue weighted by atomic mass is 9.90. The summed E-state index contributed by atoms with van der Waals surface area (Å²) in [6.45, 7) is 3.19. The molecule has 0 aliphatic carbocycles. The highest BCUT2D eigenvalue weighted by Crippen LogP contribution is 2.22. The van der Waals surface area contributed by atoms with Crippen LogP contribution in [-0.2, 0) is 17.8 Å². The fourth-order valence-electron chi connectivity index (χ4n) is 4.48. The standard InChI is InChI=1S/C23H24N6O2/c1-16-25-26-22-23(31)28(19-8-5-11-24-21(19)29(16)22)15-20(30)27-12-9-18(10-13-27)14-17-6-3-2-4-7-17/h2-8,11,18H,9-10,12-15H2,1H3. The van der Waals surface area contributed by atoms with Crippen LogP contribution >= 0.6 is 0 Å². The van der Waals surface area contributed by atoms with Crippen LogP contribution < -0.4 is 5.56 Å². The van der Waals surface area contributed by atoms with Crippen LogP contribution in [0.1, 0.15) is 24.2 Å². The molecule has 0 N–H and O–H groups in total. The van der Waals surface area contributed by atoms with Crippen molar-refractivity contribution in [3.63, 3.8) is 0 Å². The van der Waals surface area contributed by atoms with Gasteiger partial charge in [0.1, 0.15) is 12.4 Å². The van der Waals surface area contributed by atoms with E-state index in [1.165, 1.54) is 10.1 Å². The summed E-state index contributed by atoms with van der Waals surface area (Å²) in [5, 5.41) is 8.04. The van der Waals surface area contributed by atoms with E-state index in [0.717, 1.165) is 19.3 Å². The van der Waals surface area contributed by atoms with Gasteiger partial charge < -0.3 is 4.90 Å². The number of rotatable bonds is 4. The molecule has 0 saturated carbocycles. The topological polar surface area (TPSA) is 85.4 Å². The predicted octanol–water partition coefficient (Wildman–Crippen LogP) is 2.23. The molecule has 0 spiro atoms. The lowest BCUT2D eigenvalue weighted by Gasteiger charge is -2.32. The predicted molar refractivity (Wildman–Crippen MR) is 117 cm³/mol. The normalized spacial score (nSPS) is 15.1. The first-order valence-corrected chi connectivity index (χ1v) is 10.6. The van der Waals surface area contributed by atoms with Gasteiger partial charge in [0.2, 0.25) is 11.6 Å². The molecule has 0 radical (unpaired) electrons. The first-order valence-electron chi connectivity index (χ1n) is 10.6. The van der Waals surface area contributed by atoms with E-state index in [4.69, 9.17) is 0 Å². The van der Waals surface area contributed by atoms with Crippen LogP contribution in [0.4, 0.5) is 0 Å². The molecule has 1 amide bonds. The summed E-state index contributed by atoms with van der Waals surface area (Å²) >= 11 is 0. The average Bonchev–Trinajstić information content (AvgIpc) is 3.19. The fraction of sp³-hybridized carbons (Fsp3) is 0.348. The monoisotopic (exact) mass is 416 g/mol. The Kier molecular flexibility index (Phi) is 4.97. The molecule has 0 bridgehead atoms. The lowest BCUT2D eigenvalue weighted by molar-refractivity contribution is -0.133. The quantitative estimate of drug-likeness (QED) is 0.509. The molecule has 1 aliphatic rings. The van der Waals surface area contributed by atoms with Crippen LogP contribution in [0.3, 0.4) is 0 Å². The Morgan fingerprint density at radius 1 is 1.03 bits per heavy atom. The number of hydrogen-bond acceptors (Lipinski definition) is 5. The molecular formula is C23H24N6O2. The highest BCUT2D eigenvalue weighted by molar-refractivity contribution is 5.80. The Morgan fingerprint density at radius 2 is 1.81 bits per heavy atom. The van der Waals surface area contributed by atoms with E-state index < -0.39 is 0 Å². The summed E-state index contributed by atoms with van der Waals surface area (Å²) in [5.74, 6) is 1.12. The highest BCUT2D eigenvalue weighted by atomic mass is 16.2. The number of pyridine rings is 1. The molecule has 0 unspecified atom stereocenters. The summed E-state index contributed by atoms with van der Waals surface area (Å²) in [6.07, 6.45) is 4.65. The van der Waals surface area contributed by atoms with Crippen molar-refractivity contribution in [3.05, 3.63) is 70.4 Å². The number of nitrogens with zero attached hydrogens (tertiary/aromatic N) is 6. The average molecular weight is 416 g/mol. The van der Waals surface area contributed by atoms with Gasteiger partial charge in [-0.1, -0.05) is 30.3 Å². The Balaban J connectivity index is 1.35. The van der Waals surface area contributed by atoms with E-state index in [1.807, 2.05) is 17.0 Å². The smallest absolute Gasteiger partial charge is 0.297 e. The van der Waals surface area contributed by atoms with Crippen molar-refractivity contribution < 1.29 is 4.79 Å². The number of fused-ring (bicyclic) bond motifs is 3. The van der Waals surface area contributed by atoms with Gasteiger partial charge in [0, 0.05) is 19.3 Å². The third-order valence-electron chi connectivity index (χ3n) is 6.16. The Bertz CT molecular complexity index is 1300. The summed E-state index contributed by atoms with van der Waals surface area (Å²) in [4.78, 5) is 32.4. The van der Waals surface area contributed by atoms with E-state index in [1.54, 1.807) is 23.6 Å². The van der Waals surface area contributed by atoms with Crippen molar-refractivity contribution in [2.24, 2.45) is 5.92 Å². The maximum atomic E-state index is 13.1. The molecule has 8 nitrogen and oxygen atoms in total. The Hall–Kier alpha value is -3.55. The minimum atomic E-state index is -0.326. The molecule has 1 aliphatic heterocycles. The minimum Gasteiger partial charge on any atom is -0.341 e. The maximum Gasteiger partial charge on any atom is 0.297 e. The molecule has 4 heterocycles. The number of aromatic nitrogens is 5. The zero-order valence-corrected chi connectivity index (χ0v) is 17.4. The van der Waals surface area contributed by atoms with Crippen LogP contribution in [0.5, 0.6) is 0 Å². The molecule has 4 aromatic rings. The number of likely N-dealkylation sites (tertiary alicyclic amines) is 1. The van der Waals surface area contributed by atoms with Crippen LogP contribution in [0.25, 0.3) is 16.8 Å². The molecule has 5 rings (SSSR count). The van der Waals surface area contributed by atoms with Gasteiger partial charge in [-0.25, -0.2) is 4.98 Å². The van der Waals surface area contributed by atoms with Gasteiger partial charge in [-0.3, -0.25) is 18.6 Å². The van der Waals surface area contributed by atoms with Crippen LogP contribution in [0.15, 0.2) is 53.5 Å². The number of carbonyl (C=O) groups is 1. The van der Waals surface area contributed by atoms with Crippen molar-refractivity contribution in [2.45, 2.75) is 32.7 Å². The molecule has 1 aromatic carbocycles. The van der Waals surface area contributed by atoms with Crippen molar-refractivity contribution in [1.29, 1.82) is 0 Å². The number of aryl methyl sites for hydroxylation is 1. The minimum absolute atomic E-state index is 0.0210. The second-order valence-electron chi connectivity index (χ2n) is 8.16. The van der Waals surface area contributed by atoms with Crippen molar-refractivity contribution >= 4 is 22.7 Å². The molecule has 3 aromatic heterocycles. The fourth-order valence-corrected chi connectivity index (χ4v) is 4.48. The molecule has 158 valence electrons. The molecule has 1 saturated heterocycles. The Morgan fingerprint density at radius 3 is 2.58 bits per heavy atom. The zero-order valence-electron chi connectivity index (χ0n) is 17.4. The number of amides is 1. The number of piperidine rings is 1. The first kappa shape index (κ1) is 19.4. The number of hydrogen-bond donors (Lipinski definition) is 0. The highest BCUT2D eigenvalue weighted by Gasteiger charge is 2.25. The maximum absolute atomic E-state index is 13.1. The SMILES string of the molecule is Cc1nnc2c(=O)n(CC(=O)N3CCC(Cc4ccccc4)CC3)c3cccnc3n12. The van der Waals surface area contributed by atoms with Crippen molar-refractivity contribution in [3.8, 4) is 0 Å². The van der Waals surface area contributed by atoms with Crippen LogP contribution in [-0.4, -0.2) is 48.0 Å². The van der Waals surface area contributed by atoms with Crippen LogP contribution in [0, 0.1) is 12.8 Å². The molecular weight excluding hydrogens is 392 g/mol. The van der Waals surface area contributed by atoms with Gasteiger partial charge in [0.05, 0.1) is 5.52 Å². The third-order valence-corrected chi connectivity index (χ3v) is 6.16. The van der Waals surface area contributed by atoms with Gasteiger partial charge in [-0.2, -0.15) is 0 Å². The van der Waals surface area contributed by atoms with Gasteiger partial charge in [0.25, 0.3) is 5.56 Å². The first-order chi connectivity index (χ1) is 15.1. The van der Waals surface area contributed by atoms with Gasteiger partial charge in [-0.05, 0) is 49.8 Å². The Labute approximate surface area is 179 Å².